The predicted octanol–water partition coefficient (Wildman–Crippen LogP) is 3.65. The Kier molecular flexibility index (Phi) is 3.02. The van der Waals surface area contributed by atoms with Crippen molar-refractivity contribution in [3.05, 3.63) is 58.8 Å². The van der Waals surface area contributed by atoms with Crippen LogP contribution in [0.25, 0.3) is 20.8 Å². The summed E-state index contributed by atoms with van der Waals surface area (Å²) in [6.45, 7) is 0. The van der Waals surface area contributed by atoms with Gasteiger partial charge in [-0.15, -0.1) is 10.2 Å². The van der Waals surface area contributed by atoms with Crippen molar-refractivity contribution in [2.24, 2.45) is 0 Å². The zero-order chi connectivity index (χ0) is 17.0. The summed E-state index contributed by atoms with van der Waals surface area (Å²) in [5.74, 6) is -0.0723. The minimum absolute atomic E-state index is 0.0723. The van der Waals surface area contributed by atoms with Gasteiger partial charge in [-0.05, 0) is 34.9 Å². The van der Waals surface area contributed by atoms with E-state index in [-0.39, 0.29) is 5.82 Å². The molecule has 0 aliphatic rings. The van der Waals surface area contributed by atoms with Crippen molar-refractivity contribution >= 4 is 49.7 Å². The molecule has 0 aliphatic carbocycles. The summed E-state index contributed by atoms with van der Waals surface area (Å²) in [5, 5.41) is 20.8. The third-order valence-corrected chi connectivity index (χ3v) is 5.67. The molecule has 0 atom stereocenters. The van der Waals surface area contributed by atoms with Crippen LogP contribution in [0, 0.1) is 10.1 Å². The van der Waals surface area contributed by atoms with Crippen LogP contribution >= 0.6 is 23.1 Å². The number of hydrogen-bond donors (Lipinski definition) is 0. The molecule has 8 nitrogen and oxygen atoms in total. The Morgan fingerprint density at radius 1 is 1.12 bits per heavy atom. The first-order valence-electron chi connectivity index (χ1n) is 7.24. The Hall–Kier alpha value is -2.98. The second-order valence-corrected chi connectivity index (χ2v) is 7.16. The van der Waals surface area contributed by atoms with Gasteiger partial charge in [-0.2, -0.15) is 9.38 Å². The van der Waals surface area contributed by atoms with Crippen molar-refractivity contribution in [2.75, 3.05) is 0 Å². The smallest absolute Gasteiger partial charge is 0.358 e. The Morgan fingerprint density at radius 3 is 2.84 bits per heavy atom. The first-order chi connectivity index (χ1) is 12.2. The molecule has 0 fully saturated rings. The maximum atomic E-state index is 11.5. The number of benzene rings is 1. The highest BCUT2D eigenvalue weighted by molar-refractivity contribution is 7.99. The third kappa shape index (κ3) is 2.11. The van der Waals surface area contributed by atoms with Crippen LogP contribution in [0.2, 0.25) is 0 Å². The summed E-state index contributed by atoms with van der Waals surface area (Å²) in [5.41, 5.74) is 1.49. The molecule has 0 saturated carbocycles. The molecule has 0 saturated heterocycles. The van der Waals surface area contributed by atoms with Crippen LogP contribution in [0.1, 0.15) is 0 Å². The van der Waals surface area contributed by atoms with Gasteiger partial charge in [-0.1, -0.05) is 29.5 Å². The molecular formula is C15H8N6O2S2. The van der Waals surface area contributed by atoms with E-state index in [1.54, 1.807) is 24.4 Å². The van der Waals surface area contributed by atoms with Gasteiger partial charge in [0.25, 0.3) is 0 Å². The summed E-state index contributed by atoms with van der Waals surface area (Å²) in [6.07, 6.45) is 1.63. The van der Waals surface area contributed by atoms with Gasteiger partial charge < -0.3 is 10.1 Å². The SMILES string of the molecule is O=[N+]([O-])c1c(Sc2nnc3sc4ccccc4n23)nc2ccccn12. The summed E-state index contributed by atoms with van der Waals surface area (Å²) < 4.78 is 4.45. The van der Waals surface area contributed by atoms with Gasteiger partial charge in [0.15, 0.2) is 0 Å². The van der Waals surface area contributed by atoms with Gasteiger partial charge in [0.2, 0.25) is 20.8 Å². The number of para-hydroxylation sites is 1. The molecule has 5 rings (SSSR count). The Morgan fingerprint density at radius 2 is 1.96 bits per heavy atom. The molecule has 0 radical (unpaired) electrons. The van der Waals surface area contributed by atoms with Crippen LogP contribution in [-0.4, -0.2) is 28.9 Å². The van der Waals surface area contributed by atoms with Crippen molar-refractivity contribution in [1.82, 2.24) is 24.0 Å². The minimum atomic E-state index is -0.424. The van der Waals surface area contributed by atoms with E-state index in [1.807, 2.05) is 28.7 Å². The van der Waals surface area contributed by atoms with E-state index in [0.29, 0.717) is 15.8 Å². The molecule has 5 aromatic rings. The number of thiazole rings is 1. The maximum absolute atomic E-state index is 11.5. The Bertz CT molecular complexity index is 1270. The number of rotatable bonds is 3. The molecule has 4 heterocycles. The molecule has 4 aromatic heterocycles. The second kappa shape index (κ2) is 5.26. The molecule has 0 unspecified atom stereocenters. The van der Waals surface area contributed by atoms with Crippen molar-refractivity contribution < 1.29 is 4.92 Å². The van der Waals surface area contributed by atoms with Crippen molar-refractivity contribution in [1.29, 1.82) is 0 Å². The number of nitrogens with zero attached hydrogens (tertiary/aromatic N) is 6. The zero-order valence-corrected chi connectivity index (χ0v) is 14.1. The summed E-state index contributed by atoms with van der Waals surface area (Å²) in [4.78, 5) is 16.2. The van der Waals surface area contributed by atoms with Crippen molar-refractivity contribution in [3.8, 4) is 0 Å². The normalized spacial score (nSPS) is 11.7. The molecule has 10 heteroatoms. The van der Waals surface area contributed by atoms with Crippen LogP contribution in [0.4, 0.5) is 5.82 Å². The molecule has 0 amide bonds. The van der Waals surface area contributed by atoms with E-state index < -0.39 is 4.92 Å². The first kappa shape index (κ1) is 14.4. The number of aromatic nitrogens is 5. The van der Waals surface area contributed by atoms with Crippen LogP contribution in [0.5, 0.6) is 0 Å². The summed E-state index contributed by atoms with van der Waals surface area (Å²) in [6, 6.07) is 13.2. The van der Waals surface area contributed by atoms with Gasteiger partial charge >= 0.3 is 5.82 Å². The minimum Gasteiger partial charge on any atom is -0.358 e. The Balaban J connectivity index is 1.72. The van der Waals surface area contributed by atoms with E-state index in [2.05, 4.69) is 15.2 Å². The fourth-order valence-corrected chi connectivity index (χ4v) is 4.66. The molecule has 1 aromatic carbocycles. The third-order valence-electron chi connectivity index (χ3n) is 3.75. The fourth-order valence-electron chi connectivity index (χ4n) is 2.70. The van der Waals surface area contributed by atoms with Crippen molar-refractivity contribution in [3.63, 3.8) is 0 Å². The summed E-state index contributed by atoms with van der Waals surface area (Å²) in [7, 11) is 0. The average molecular weight is 368 g/mol. The lowest BCUT2D eigenvalue weighted by atomic mass is 10.3. The topological polar surface area (TPSA) is 90.6 Å². The molecule has 25 heavy (non-hydrogen) atoms. The van der Waals surface area contributed by atoms with E-state index in [0.717, 1.165) is 26.9 Å². The van der Waals surface area contributed by atoms with Crippen LogP contribution < -0.4 is 0 Å². The lowest BCUT2D eigenvalue weighted by Crippen LogP contribution is -1.95. The number of imidazole rings is 1. The van der Waals surface area contributed by atoms with Gasteiger partial charge in [0.05, 0.1) is 16.4 Å². The van der Waals surface area contributed by atoms with E-state index in [1.165, 1.54) is 15.7 Å². The first-order valence-corrected chi connectivity index (χ1v) is 8.87. The highest BCUT2D eigenvalue weighted by atomic mass is 32.2. The second-order valence-electron chi connectivity index (χ2n) is 5.20. The standard InChI is InChI=1S/C15H8N6O2S2/c22-21(23)13-12(16-11-7-3-4-8-19(11)13)25-15-18-17-14-20(15)9-5-1-2-6-10(9)24-14/h1-8H. The van der Waals surface area contributed by atoms with Gasteiger partial charge in [-0.3, -0.25) is 4.40 Å². The lowest BCUT2D eigenvalue weighted by Gasteiger charge is -1.98. The van der Waals surface area contributed by atoms with Crippen LogP contribution in [0.15, 0.2) is 58.8 Å². The average Bonchev–Trinajstić information content (AvgIpc) is 3.26. The Labute approximate surface area is 147 Å². The van der Waals surface area contributed by atoms with Gasteiger partial charge in [0.1, 0.15) is 0 Å². The number of hydrogen-bond acceptors (Lipinski definition) is 7. The van der Waals surface area contributed by atoms with Gasteiger partial charge in [0, 0.05) is 6.07 Å². The maximum Gasteiger partial charge on any atom is 0.362 e. The molecule has 0 N–H and O–H groups in total. The highest BCUT2D eigenvalue weighted by Gasteiger charge is 2.25. The molecule has 122 valence electrons. The molecule has 0 bridgehead atoms. The highest BCUT2D eigenvalue weighted by Crippen LogP contribution is 2.36. The number of pyridine rings is 1. The van der Waals surface area contributed by atoms with Crippen LogP contribution in [-0.2, 0) is 0 Å². The number of fused-ring (bicyclic) bond motifs is 4. The van der Waals surface area contributed by atoms with Crippen LogP contribution in [0.3, 0.4) is 0 Å². The lowest BCUT2D eigenvalue weighted by molar-refractivity contribution is -0.393. The molecular weight excluding hydrogens is 360 g/mol. The zero-order valence-electron chi connectivity index (χ0n) is 12.4. The van der Waals surface area contributed by atoms with E-state index in [4.69, 9.17) is 0 Å². The number of nitro groups is 1. The van der Waals surface area contributed by atoms with E-state index in [9.17, 15) is 10.1 Å². The summed E-state index contributed by atoms with van der Waals surface area (Å²) >= 11 is 2.67. The van der Waals surface area contributed by atoms with Gasteiger partial charge in [-0.25, -0.2) is 0 Å². The fraction of sp³-hybridized carbons (Fsp3) is 0. The molecule has 0 spiro atoms. The monoisotopic (exact) mass is 368 g/mol. The largest absolute Gasteiger partial charge is 0.362 e. The molecule has 0 aliphatic heterocycles. The van der Waals surface area contributed by atoms with E-state index >= 15 is 0 Å². The van der Waals surface area contributed by atoms with Crippen molar-refractivity contribution in [2.45, 2.75) is 10.2 Å². The predicted molar refractivity (Wildman–Crippen MR) is 94.3 cm³/mol. The quantitative estimate of drug-likeness (QED) is 0.357.